The van der Waals surface area contributed by atoms with Gasteiger partial charge in [0.2, 0.25) is 0 Å². The summed E-state index contributed by atoms with van der Waals surface area (Å²) < 4.78 is 20.0. The van der Waals surface area contributed by atoms with E-state index in [-0.39, 0.29) is 6.10 Å². The summed E-state index contributed by atoms with van der Waals surface area (Å²) in [6.07, 6.45) is 0.0336. The molecule has 1 aromatic heterocycles. The first-order chi connectivity index (χ1) is 11.3. The van der Waals surface area contributed by atoms with E-state index >= 15 is 0 Å². The van der Waals surface area contributed by atoms with Crippen LogP contribution < -0.4 is 4.74 Å². The molecule has 1 fully saturated rings. The van der Waals surface area contributed by atoms with Crippen molar-refractivity contribution in [1.82, 2.24) is 9.55 Å². The fourth-order valence-electron chi connectivity index (χ4n) is 3.54. The zero-order valence-corrected chi connectivity index (χ0v) is 12.7. The lowest BCUT2D eigenvalue weighted by Gasteiger charge is -2.32. The molecule has 0 radical (unpaired) electrons. The smallest absolute Gasteiger partial charge is 0.256 e. The quantitative estimate of drug-likeness (QED) is 0.730. The van der Waals surface area contributed by atoms with Crippen LogP contribution in [-0.4, -0.2) is 29.4 Å². The molecule has 2 aromatic carbocycles. The molecule has 1 saturated heterocycles. The van der Waals surface area contributed by atoms with Gasteiger partial charge in [-0.25, -0.2) is 4.98 Å². The van der Waals surface area contributed by atoms with E-state index in [4.69, 9.17) is 19.2 Å². The van der Waals surface area contributed by atoms with Crippen molar-refractivity contribution < 1.29 is 14.2 Å². The number of hydrogen-bond acceptors (Lipinski definition) is 4. The second-order valence-electron chi connectivity index (χ2n) is 5.93. The molecule has 2 unspecified atom stereocenters. The standard InChI is InChI=1S/C18H16N2O3/c1-21-13-6-4-5-12(9-13)18-17-19-15-7-2-3-8-16(15)20(17)10-14(23-18)11-22-18/h2-9,14H,10-11H2,1H3. The molecule has 2 aliphatic rings. The highest BCUT2D eigenvalue weighted by Crippen LogP contribution is 2.45. The van der Waals surface area contributed by atoms with Crippen LogP contribution in [0.15, 0.2) is 48.5 Å². The molecular formula is C18H16N2O3. The Kier molecular flexibility index (Phi) is 2.60. The number of para-hydroxylation sites is 2. The molecule has 0 spiro atoms. The van der Waals surface area contributed by atoms with Crippen LogP contribution in [0.1, 0.15) is 11.4 Å². The van der Waals surface area contributed by atoms with E-state index in [0.717, 1.165) is 34.7 Å². The average molecular weight is 308 g/mol. The Bertz CT molecular complexity index is 904. The van der Waals surface area contributed by atoms with Crippen molar-refractivity contribution in [3.05, 3.63) is 59.9 Å². The van der Waals surface area contributed by atoms with E-state index in [1.165, 1.54) is 0 Å². The predicted molar refractivity (Wildman–Crippen MR) is 84.3 cm³/mol. The lowest BCUT2D eigenvalue weighted by Crippen LogP contribution is -2.38. The third kappa shape index (κ3) is 1.72. The van der Waals surface area contributed by atoms with Gasteiger partial charge in [0.1, 0.15) is 11.9 Å². The first-order valence-corrected chi connectivity index (χ1v) is 7.72. The number of nitrogens with zero attached hydrogens (tertiary/aromatic N) is 2. The number of ether oxygens (including phenoxy) is 3. The Labute approximate surface area is 133 Å². The number of fused-ring (bicyclic) bond motifs is 6. The second-order valence-corrected chi connectivity index (χ2v) is 5.93. The summed E-state index contributed by atoms with van der Waals surface area (Å²) in [7, 11) is 1.66. The molecule has 5 nitrogen and oxygen atoms in total. The normalized spacial score (nSPS) is 25.5. The summed E-state index contributed by atoms with van der Waals surface area (Å²) in [4.78, 5) is 4.81. The molecule has 0 aliphatic carbocycles. The largest absolute Gasteiger partial charge is 0.497 e. The van der Waals surface area contributed by atoms with Crippen LogP contribution in [0.25, 0.3) is 11.0 Å². The summed E-state index contributed by atoms with van der Waals surface area (Å²) in [6, 6.07) is 16.0. The highest BCUT2D eigenvalue weighted by Gasteiger charge is 2.52. The van der Waals surface area contributed by atoms with Gasteiger partial charge in [-0.1, -0.05) is 24.3 Å². The Hall–Kier alpha value is -2.37. The SMILES string of the molecule is COc1cccc(C23OCC(Cn4c2nc2ccccc24)O3)c1. The molecule has 116 valence electrons. The molecule has 23 heavy (non-hydrogen) atoms. The minimum absolute atomic E-state index is 0.0336. The van der Waals surface area contributed by atoms with Gasteiger partial charge in [-0.3, -0.25) is 0 Å². The van der Waals surface area contributed by atoms with Gasteiger partial charge in [-0.05, 0) is 24.3 Å². The highest BCUT2D eigenvalue weighted by atomic mass is 16.7. The van der Waals surface area contributed by atoms with Gasteiger partial charge < -0.3 is 18.8 Å². The van der Waals surface area contributed by atoms with Crippen molar-refractivity contribution >= 4 is 11.0 Å². The maximum atomic E-state index is 6.27. The summed E-state index contributed by atoms with van der Waals surface area (Å²) in [5, 5.41) is 0. The van der Waals surface area contributed by atoms with Gasteiger partial charge in [0.15, 0.2) is 5.82 Å². The number of methoxy groups -OCH3 is 1. The fraction of sp³-hybridized carbons (Fsp3) is 0.278. The van der Waals surface area contributed by atoms with Crippen LogP contribution in [0.5, 0.6) is 5.75 Å². The third-order valence-electron chi connectivity index (χ3n) is 4.59. The van der Waals surface area contributed by atoms with Gasteiger partial charge in [0, 0.05) is 5.56 Å². The van der Waals surface area contributed by atoms with Crippen molar-refractivity contribution in [3.8, 4) is 5.75 Å². The lowest BCUT2D eigenvalue weighted by molar-refractivity contribution is -0.162. The minimum Gasteiger partial charge on any atom is -0.497 e. The number of benzene rings is 2. The first-order valence-electron chi connectivity index (χ1n) is 7.72. The van der Waals surface area contributed by atoms with Gasteiger partial charge in [-0.15, -0.1) is 0 Å². The van der Waals surface area contributed by atoms with Crippen LogP contribution in [0.3, 0.4) is 0 Å². The van der Waals surface area contributed by atoms with Crippen molar-refractivity contribution in [2.24, 2.45) is 0 Å². The van der Waals surface area contributed by atoms with Crippen LogP contribution in [-0.2, 0) is 21.8 Å². The van der Waals surface area contributed by atoms with Crippen LogP contribution in [0.2, 0.25) is 0 Å². The summed E-state index contributed by atoms with van der Waals surface area (Å²) in [5.41, 5.74) is 2.99. The zero-order chi connectivity index (χ0) is 15.4. The molecule has 5 rings (SSSR count). The van der Waals surface area contributed by atoms with Gasteiger partial charge in [0.25, 0.3) is 5.79 Å². The van der Waals surface area contributed by atoms with Crippen molar-refractivity contribution in [2.45, 2.75) is 18.4 Å². The summed E-state index contributed by atoms with van der Waals surface area (Å²) >= 11 is 0. The number of imidazole rings is 1. The maximum absolute atomic E-state index is 6.27. The van der Waals surface area contributed by atoms with Gasteiger partial charge in [0.05, 0.1) is 31.3 Å². The minimum atomic E-state index is -0.948. The van der Waals surface area contributed by atoms with Gasteiger partial charge in [-0.2, -0.15) is 0 Å². The molecule has 5 heteroatoms. The van der Waals surface area contributed by atoms with Crippen LogP contribution in [0.4, 0.5) is 0 Å². The monoisotopic (exact) mass is 308 g/mol. The maximum Gasteiger partial charge on any atom is 0.256 e. The highest BCUT2D eigenvalue weighted by molar-refractivity contribution is 5.76. The Balaban J connectivity index is 1.77. The molecule has 0 saturated carbocycles. The molecule has 2 bridgehead atoms. The number of rotatable bonds is 2. The third-order valence-corrected chi connectivity index (χ3v) is 4.59. The summed E-state index contributed by atoms with van der Waals surface area (Å²) in [6.45, 7) is 1.33. The molecule has 0 N–H and O–H groups in total. The first kappa shape index (κ1) is 13.1. The average Bonchev–Trinajstić information content (AvgIpc) is 3.16. The van der Waals surface area contributed by atoms with E-state index in [9.17, 15) is 0 Å². The number of aromatic nitrogens is 2. The lowest BCUT2D eigenvalue weighted by atomic mass is 10.0. The fourth-order valence-corrected chi connectivity index (χ4v) is 3.54. The van der Waals surface area contributed by atoms with E-state index in [1.807, 2.05) is 42.5 Å². The number of hydrogen-bond donors (Lipinski definition) is 0. The predicted octanol–water partition coefficient (Wildman–Crippen LogP) is 2.68. The Morgan fingerprint density at radius 2 is 2.13 bits per heavy atom. The Morgan fingerprint density at radius 1 is 1.22 bits per heavy atom. The van der Waals surface area contributed by atoms with Crippen molar-refractivity contribution in [1.29, 1.82) is 0 Å². The van der Waals surface area contributed by atoms with E-state index < -0.39 is 5.79 Å². The molecular weight excluding hydrogens is 292 g/mol. The Morgan fingerprint density at radius 3 is 3.04 bits per heavy atom. The molecule has 0 amide bonds. The second kappa shape index (κ2) is 4.57. The van der Waals surface area contributed by atoms with Crippen molar-refractivity contribution in [3.63, 3.8) is 0 Å². The zero-order valence-electron chi connectivity index (χ0n) is 12.7. The van der Waals surface area contributed by atoms with Crippen LogP contribution >= 0.6 is 0 Å². The van der Waals surface area contributed by atoms with Gasteiger partial charge >= 0.3 is 0 Å². The van der Waals surface area contributed by atoms with Crippen LogP contribution in [0, 0.1) is 0 Å². The van der Waals surface area contributed by atoms with E-state index in [0.29, 0.717) is 6.61 Å². The summed E-state index contributed by atoms with van der Waals surface area (Å²) in [5.74, 6) is 0.637. The molecule has 2 aliphatic heterocycles. The molecule has 2 atom stereocenters. The topological polar surface area (TPSA) is 45.5 Å². The molecule has 3 heterocycles. The van der Waals surface area contributed by atoms with Crippen molar-refractivity contribution in [2.75, 3.05) is 13.7 Å². The van der Waals surface area contributed by atoms with E-state index in [2.05, 4.69) is 10.6 Å². The molecule has 3 aromatic rings. The van der Waals surface area contributed by atoms with E-state index in [1.54, 1.807) is 7.11 Å².